The van der Waals surface area contributed by atoms with Gasteiger partial charge in [0.05, 0.1) is 9.37 Å². The first-order valence-corrected chi connectivity index (χ1v) is 8.61. The van der Waals surface area contributed by atoms with Gasteiger partial charge in [-0.15, -0.1) is 0 Å². The molecule has 1 atom stereocenters. The van der Waals surface area contributed by atoms with Crippen molar-refractivity contribution in [2.75, 3.05) is 5.73 Å². The lowest BCUT2D eigenvalue weighted by Crippen LogP contribution is -2.38. The molecule has 0 radical (unpaired) electrons. The van der Waals surface area contributed by atoms with Crippen LogP contribution in [0.3, 0.4) is 0 Å². The average Bonchev–Trinajstić information content (AvgIpc) is 2.30. The molecule has 0 spiro atoms. The number of nitrogen functional groups attached to an aromatic ring is 1. The predicted molar refractivity (Wildman–Crippen MR) is 82.8 cm³/mol. The average molecular weight is 370 g/mol. The molecule has 19 heavy (non-hydrogen) atoms. The van der Waals surface area contributed by atoms with Crippen molar-refractivity contribution in [3.8, 4) is 0 Å². The summed E-state index contributed by atoms with van der Waals surface area (Å²) in [5, 5.41) is 0.290. The molecule has 0 saturated carbocycles. The number of anilines is 1. The van der Waals surface area contributed by atoms with E-state index in [1.807, 2.05) is 20.8 Å². The van der Waals surface area contributed by atoms with Crippen LogP contribution in [0.2, 0.25) is 5.02 Å². The van der Waals surface area contributed by atoms with E-state index in [-0.39, 0.29) is 16.9 Å². The lowest BCUT2D eigenvalue weighted by atomic mass is 10.0. The summed E-state index contributed by atoms with van der Waals surface area (Å²) in [5.41, 5.74) is 6.01. The molecule has 0 aliphatic rings. The maximum Gasteiger partial charge on any atom is 0.242 e. The highest BCUT2D eigenvalue weighted by Crippen LogP contribution is 2.31. The zero-order valence-electron chi connectivity index (χ0n) is 11.1. The smallest absolute Gasteiger partial charge is 0.242 e. The summed E-state index contributed by atoms with van der Waals surface area (Å²) in [6, 6.07) is 2.76. The van der Waals surface area contributed by atoms with Crippen LogP contribution in [-0.2, 0) is 10.0 Å². The Morgan fingerprint density at radius 1 is 1.42 bits per heavy atom. The Kier molecular flexibility index (Phi) is 5.67. The summed E-state index contributed by atoms with van der Waals surface area (Å²) in [6.07, 6.45) is 0.713. The maximum atomic E-state index is 12.4. The summed E-state index contributed by atoms with van der Waals surface area (Å²) >= 11 is 9.06. The number of sulfonamides is 1. The summed E-state index contributed by atoms with van der Waals surface area (Å²) < 4.78 is 27.8. The van der Waals surface area contributed by atoms with Gasteiger partial charge in [-0.2, -0.15) is 0 Å². The van der Waals surface area contributed by atoms with Crippen molar-refractivity contribution in [2.45, 2.75) is 38.1 Å². The molecule has 1 aromatic carbocycles. The van der Waals surface area contributed by atoms with Crippen molar-refractivity contribution in [3.05, 3.63) is 21.6 Å². The van der Waals surface area contributed by atoms with Crippen LogP contribution in [0.15, 0.2) is 21.5 Å². The van der Waals surface area contributed by atoms with Crippen molar-refractivity contribution in [3.63, 3.8) is 0 Å². The molecule has 4 nitrogen and oxygen atoms in total. The van der Waals surface area contributed by atoms with Crippen molar-refractivity contribution in [1.29, 1.82) is 0 Å². The van der Waals surface area contributed by atoms with E-state index in [0.29, 0.717) is 21.6 Å². The van der Waals surface area contributed by atoms with Crippen molar-refractivity contribution in [2.24, 2.45) is 5.92 Å². The van der Waals surface area contributed by atoms with Gasteiger partial charge >= 0.3 is 0 Å². The van der Waals surface area contributed by atoms with Crippen molar-refractivity contribution < 1.29 is 8.42 Å². The minimum Gasteiger partial charge on any atom is -0.398 e. The van der Waals surface area contributed by atoms with Gasteiger partial charge in [-0.1, -0.05) is 32.4 Å². The van der Waals surface area contributed by atoms with Crippen LogP contribution < -0.4 is 10.5 Å². The van der Waals surface area contributed by atoms with Crippen LogP contribution in [0.5, 0.6) is 0 Å². The Hall–Kier alpha value is -0.300. The molecular formula is C12H18BrClN2O2S. The minimum absolute atomic E-state index is 0.0663. The summed E-state index contributed by atoms with van der Waals surface area (Å²) in [5.74, 6) is 0.204. The van der Waals surface area contributed by atoms with Crippen molar-refractivity contribution in [1.82, 2.24) is 4.72 Å². The van der Waals surface area contributed by atoms with Gasteiger partial charge in [0.25, 0.3) is 0 Å². The number of halogens is 2. The van der Waals surface area contributed by atoms with E-state index in [0.717, 1.165) is 0 Å². The number of rotatable bonds is 5. The fourth-order valence-electron chi connectivity index (χ4n) is 1.73. The Balaban J connectivity index is 3.21. The first-order chi connectivity index (χ1) is 8.69. The van der Waals surface area contributed by atoms with Gasteiger partial charge in [0, 0.05) is 16.8 Å². The molecule has 7 heteroatoms. The predicted octanol–water partition coefficient (Wildman–Crippen LogP) is 3.40. The molecule has 108 valence electrons. The SMILES string of the molecule is CCC(NS(=O)(=O)c1cc(Cl)cc(N)c1Br)C(C)C. The highest BCUT2D eigenvalue weighted by Gasteiger charge is 2.24. The Morgan fingerprint density at radius 2 is 2.00 bits per heavy atom. The summed E-state index contributed by atoms with van der Waals surface area (Å²) in [7, 11) is -3.65. The topological polar surface area (TPSA) is 72.2 Å². The maximum absolute atomic E-state index is 12.4. The monoisotopic (exact) mass is 368 g/mol. The van der Waals surface area contributed by atoms with E-state index in [4.69, 9.17) is 17.3 Å². The molecule has 1 rings (SSSR count). The number of benzene rings is 1. The Labute approximate surface area is 127 Å². The van der Waals surface area contributed by atoms with Gasteiger partial charge in [-0.05, 0) is 40.4 Å². The molecule has 0 heterocycles. The lowest BCUT2D eigenvalue weighted by Gasteiger charge is -2.21. The van der Waals surface area contributed by atoms with Gasteiger partial charge in [0.1, 0.15) is 0 Å². The third-order valence-electron chi connectivity index (χ3n) is 2.87. The first-order valence-electron chi connectivity index (χ1n) is 5.95. The number of hydrogen-bond donors (Lipinski definition) is 2. The van der Waals surface area contributed by atoms with Crippen LogP contribution in [0, 0.1) is 5.92 Å². The van der Waals surface area contributed by atoms with E-state index >= 15 is 0 Å². The van der Waals surface area contributed by atoms with E-state index in [1.165, 1.54) is 12.1 Å². The van der Waals surface area contributed by atoms with E-state index in [2.05, 4.69) is 20.7 Å². The third-order valence-corrected chi connectivity index (χ3v) is 5.75. The lowest BCUT2D eigenvalue weighted by molar-refractivity contribution is 0.437. The highest BCUT2D eigenvalue weighted by molar-refractivity contribution is 9.10. The largest absolute Gasteiger partial charge is 0.398 e. The molecule has 0 aliphatic heterocycles. The quantitative estimate of drug-likeness (QED) is 0.781. The van der Waals surface area contributed by atoms with E-state index < -0.39 is 10.0 Å². The first kappa shape index (κ1) is 16.8. The Morgan fingerprint density at radius 3 is 2.47 bits per heavy atom. The van der Waals surface area contributed by atoms with Crippen LogP contribution in [0.1, 0.15) is 27.2 Å². The molecule has 1 unspecified atom stereocenters. The number of nitrogens with one attached hydrogen (secondary N) is 1. The molecule has 0 aromatic heterocycles. The molecule has 0 amide bonds. The van der Waals surface area contributed by atoms with Crippen LogP contribution >= 0.6 is 27.5 Å². The number of nitrogens with two attached hydrogens (primary N) is 1. The zero-order valence-corrected chi connectivity index (χ0v) is 14.2. The van der Waals surface area contributed by atoms with E-state index in [1.54, 1.807) is 0 Å². The van der Waals surface area contributed by atoms with Gasteiger partial charge in [-0.25, -0.2) is 13.1 Å². The molecular weight excluding hydrogens is 352 g/mol. The molecule has 0 saturated heterocycles. The second-order valence-corrected chi connectivity index (χ2v) is 7.60. The molecule has 0 bridgehead atoms. The zero-order chi connectivity index (χ0) is 14.8. The normalized spacial score (nSPS) is 13.8. The standard InChI is InChI=1S/C12H18BrClN2O2S/c1-4-10(7(2)3)16-19(17,18)11-6-8(14)5-9(15)12(11)13/h5-7,10,16H,4,15H2,1-3H3. The fraction of sp³-hybridized carbons (Fsp3) is 0.500. The molecule has 0 aliphatic carbocycles. The van der Waals surface area contributed by atoms with Crippen molar-refractivity contribution >= 4 is 43.2 Å². The Bertz CT molecular complexity index is 561. The molecule has 3 N–H and O–H groups in total. The van der Waals surface area contributed by atoms with Gasteiger partial charge in [0.2, 0.25) is 10.0 Å². The van der Waals surface area contributed by atoms with Crippen LogP contribution in [0.4, 0.5) is 5.69 Å². The second kappa shape index (κ2) is 6.43. The third kappa shape index (κ3) is 4.08. The van der Waals surface area contributed by atoms with Gasteiger partial charge < -0.3 is 5.73 Å². The second-order valence-electron chi connectivity index (χ2n) is 4.69. The van der Waals surface area contributed by atoms with E-state index in [9.17, 15) is 8.42 Å². The summed E-state index contributed by atoms with van der Waals surface area (Å²) in [6.45, 7) is 5.88. The highest BCUT2D eigenvalue weighted by atomic mass is 79.9. The number of hydrogen-bond acceptors (Lipinski definition) is 3. The summed E-state index contributed by atoms with van der Waals surface area (Å²) in [4.78, 5) is 0.0663. The fourth-order valence-corrected chi connectivity index (χ4v) is 4.49. The van der Waals surface area contributed by atoms with Crippen LogP contribution in [-0.4, -0.2) is 14.5 Å². The molecule has 0 fully saturated rings. The minimum atomic E-state index is -3.65. The van der Waals surface area contributed by atoms with Gasteiger partial charge in [-0.3, -0.25) is 0 Å². The van der Waals surface area contributed by atoms with Gasteiger partial charge in [0.15, 0.2) is 0 Å². The molecule has 1 aromatic rings. The van der Waals surface area contributed by atoms with Crippen LogP contribution in [0.25, 0.3) is 0 Å².